The largest absolute Gasteiger partial charge is 0.495 e. The van der Waals surface area contributed by atoms with Crippen LogP contribution in [0.1, 0.15) is 32.6 Å². The molecule has 5 nitrogen and oxygen atoms in total. The maximum atomic E-state index is 11.9. The summed E-state index contributed by atoms with van der Waals surface area (Å²) in [6.07, 6.45) is 2.76. The molecule has 0 saturated carbocycles. The lowest BCUT2D eigenvalue weighted by atomic mass is 9.85. The number of para-hydroxylation sites is 2. The van der Waals surface area contributed by atoms with Crippen molar-refractivity contribution >= 4 is 11.7 Å². The van der Waals surface area contributed by atoms with Gasteiger partial charge < -0.3 is 19.9 Å². The van der Waals surface area contributed by atoms with Crippen LogP contribution in [0.15, 0.2) is 24.3 Å². The van der Waals surface area contributed by atoms with Gasteiger partial charge in [0.1, 0.15) is 11.3 Å². The molecule has 1 heterocycles. The van der Waals surface area contributed by atoms with Crippen molar-refractivity contribution in [3.05, 3.63) is 24.3 Å². The van der Waals surface area contributed by atoms with E-state index < -0.39 is 11.5 Å². The average Bonchev–Trinajstić information content (AvgIpc) is 2.48. The molecule has 2 atom stereocenters. The van der Waals surface area contributed by atoms with Gasteiger partial charge in [0, 0.05) is 19.4 Å². The second-order valence-corrected chi connectivity index (χ2v) is 5.45. The zero-order chi connectivity index (χ0) is 15.3. The van der Waals surface area contributed by atoms with E-state index in [0.717, 1.165) is 12.8 Å². The fourth-order valence-electron chi connectivity index (χ4n) is 2.82. The zero-order valence-electron chi connectivity index (χ0n) is 12.6. The van der Waals surface area contributed by atoms with Crippen LogP contribution < -0.4 is 10.1 Å². The highest BCUT2D eigenvalue weighted by Crippen LogP contribution is 2.34. The van der Waals surface area contributed by atoms with Crippen molar-refractivity contribution in [2.75, 3.05) is 19.0 Å². The molecule has 2 unspecified atom stereocenters. The predicted octanol–water partition coefficient (Wildman–Crippen LogP) is 2.91. The van der Waals surface area contributed by atoms with Crippen LogP contribution in [0.4, 0.5) is 5.69 Å². The number of hydrogen-bond donors (Lipinski definition) is 2. The first-order valence-corrected chi connectivity index (χ1v) is 7.37. The SMILES string of the molecule is CCCC1CC(Nc2ccccc2OC)(C(=O)O)CCO1. The Balaban J connectivity index is 2.24. The summed E-state index contributed by atoms with van der Waals surface area (Å²) in [5.41, 5.74) is -0.285. The molecule has 1 aliphatic heterocycles. The lowest BCUT2D eigenvalue weighted by molar-refractivity contribution is -0.148. The number of benzene rings is 1. The van der Waals surface area contributed by atoms with Crippen molar-refractivity contribution in [3.63, 3.8) is 0 Å². The lowest BCUT2D eigenvalue weighted by Gasteiger charge is -2.39. The Morgan fingerprint density at radius 3 is 2.95 bits per heavy atom. The molecule has 1 aliphatic rings. The molecular formula is C16H23NO4. The molecule has 0 radical (unpaired) electrons. The molecular weight excluding hydrogens is 270 g/mol. The molecule has 0 spiro atoms. The summed E-state index contributed by atoms with van der Waals surface area (Å²) in [6.45, 7) is 2.53. The Morgan fingerprint density at radius 2 is 2.29 bits per heavy atom. The number of anilines is 1. The molecule has 2 rings (SSSR count). The maximum Gasteiger partial charge on any atom is 0.329 e. The minimum absolute atomic E-state index is 0.0120. The molecule has 1 fully saturated rings. The van der Waals surface area contributed by atoms with Crippen molar-refractivity contribution in [3.8, 4) is 5.75 Å². The fourth-order valence-corrected chi connectivity index (χ4v) is 2.82. The van der Waals surface area contributed by atoms with Gasteiger partial charge in [-0.3, -0.25) is 0 Å². The first-order chi connectivity index (χ1) is 10.1. The van der Waals surface area contributed by atoms with Crippen LogP contribution in [0.3, 0.4) is 0 Å². The third-order valence-corrected chi connectivity index (χ3v) is 3.96. The topological polar surface area (TPSA) is 67.8 Å². The fraction of sp³-hybridized carbons (Fsp3) is 0.562. The average molecular weight is 293 g/mol. The summed E-state index contributed by atoms with van der Waals surface area (Å²) in [7, 11) is 1.58. The summed E-state index contributed by atoms with van der Waals surface area (Å²) in [5.74, 6) is -0.186. The van der Waals surface area contributed by atoms with E-state index in [4.69, 9.17) is 9.47 Å². The van der Waals surface area contributed by atoms with Crippen molar-refractivity contribution in [1.29, 1.82) is 0 Å². The van der Waals surface area contributed by atoms with Crippen molar-refractivity contribution in [2.45, 2.75) is 44.2 Å². The highest BCUT2D eigenvalue weighted by molar-refractivity contribution is 5.83. The number of carboxylic acids is 1. The van der Waals surface area contributed by atoms with Crippen LogP contribution in [-0.2, 0) is 9.53 Å². The zero-order valence-corrected chi connectivity index (χ0v) is 12.6. The molecule has 0 bridgehead atoms. The van der Waals surface area contributed by atoms with Crippen LogP contribution in [0, 0.1) is 0 Å². The number of aliphatic carboxylic acids is 1. The van der Waals surface area contributed by atoms with E-state index in [-0.39, 0.29) is 6.10 Å². The first-order valence-electron chi connectivity index (χ1n) is 7.37. The number of methoxy groups -OCH3 is 1. The molecule has 1 saturated heterocycles. The van der Waals surface area contributed by atoms with E-state index >= 15 is 0 Å². The van der Waals surface area contributed by atoms with Gasteiger partial charge in [0.05, 0.1) is 18.9 Å². The third-order valence-electron chi connectivity index (χ3n) is 3.96. The molecule has 2 N–H and O–H groups in total. The smallest absolute Gasteiger partial charge is 0.329 e. The second kappa shape index (κ2) is 6.80. The van der Waals surface area contributed by atoms with Crippen molar-refractivity contribution in [1.82, 2.24) is 0 Å². The normalized spacial score (nSPS) is 25.3. The van der Waals surface area contributed by atoms with Gasteiger partial charge in [0.2, 0.25) is 0 Å². The van der Waals surface area contributed by atoms with Crippen LogP contribution in [0.5, 0.6) is 5.75 Å². The molecule has 0 amide bonds. The summed E-state index contributed by atoms with van der Waals surface area (Å²) in [6, 6.07) is 7.39. The summed E-state index contributed by atoms with van der Waals surface area (Å²) in [5, 5.41) is 12.9. The molecule has 1 aromatic rings. The van der Waals surface area contributed by atoms with Gasteiger partial charge in [-0.25, -0.2) is 4.79 Å². The van der Waals surface area contributed by atoms with Crippen LogP contribution in [0.2, 0.25) is 0 Å². The van der Waals surface area contributed by atoms with Crippen LogP contribution in [0.25, 0.3) is 0 Å². The van der Waals surface area contributed by atoms with Crippen molar-refractivity contribution < 1.29 is 19.4 Å². The molecule has 0 aromatic heterocycles. The van der Waals surface area contributed by atoms with Crippen LogP contribution >= 0.6 is 0 Å². The minimum atomic E-state index is -0.993. The Bertz CT molecular complexity index is 489. The van der Waals surface area contributed by atoms with Crippen molar-refractivity contribution in [2.24, 2.45) is 0 Å². The van der Waals surface area contributed by atoms with Gasteiger partial charge in [0.25, 0.3) is 0 Å². The Kier molecular flexibility index (Phi) is 5.07. The maximum absolute atomic E-state index is 11.9. The van der Waals surface area contributed by atoms with Gasteiger partial charge in [-0.05, 0) is 18.6 Å². The second-order valence-electron chi connectivity index (χ2n) is 5.45. The number of carbonyl (C=O) groups is 1. The minimum Gasteiger partial charge on any atom is -0.495 e. The molecule has 0 aliphatic carbocycles. The Hall–Kier alpha value is -1.75. The number of rotatable bonds is 6. The third kappa shape index (κ3) is 3.47. The number of nitrogens with one attached hydrogen (secondary N) is 1. The summed E-state index contributed by atoms with van der Waals surface area (Å²) >= 11 is 0. The molecule has 1 aromatic carbocycles. The summed E-state index contributed by atoms with van der Waals surface area (Å²) in [4.78, 5) is 11.9. The standard InChI is InChI=1S/C16H23NO4/c1-3-6-12-11-16(15(18)19,9-10-21-12)17-13-7-4-5-8-14(13)20-2/h4-5,7-8,12,17H,3,6,9-11H2,1-2H3,(H,18,19). The lowest BCUT2D eigenvalue weighted by Crippen LogP contribution is -2.53. The van der Waals surface area contributed by atoms with E-state index in [0.29, 0.717) is 30.9 Å². The highest BCUT2D eigenvalue weighted by Gasteiger charge is 2.43. The summed E-state index contributed by atoms with van der Waals surface area (Å²) < 4.78 is 11.0. The van der Waals surface area contributed by atoms with Crippen LogP contribution in [-0.4, -0.2) is 36.4 Å². The van der Waals surface area contributed by atoms with Gasteiger partial charge in [0.15, 0.2) is 0 Å². The van der Waals surface area contributed by atoms with E-state index in [9.17, 15) is 9.90 Å². The predicted molar refractivity (Wildman–Crippen MR) is 80.9 cm³/mol. The number of hydrogen-bond acceptors (Lipinski definition) is 4. The molecule has 116 valence electrons. The van der Waals surface area contributed by atoms with E-state index in [1.165, 1.54) is 0 Å². The van der Waals surface area contributed by atoms with E-state index in [2.05, 4.69) is 12.2 Å². The molecule has 5 heteroatoms. The van der Waals surface area contributed by atoms with Gasteiger partial charge in [-0.15, -0.1) is 0 Å². The quantitative estimate of drug-likeness (QED) is 0.844. The van der Waals surface area contributed by atoms with Gasteiger partial charge in [-0.2, -0.15) is 0 Å². The number of carboxylic acid groups (broad SMARTS) is 1. The Labute approximate surface area is 125 Å². The highest BCUT2D eigenvalue weighted by atomic mass is 16.5. The van der Waals surface area contributed by atoms with E-state index in [1.807, 2.05) is 24.3 Å². The van der Waals surface area contributed by atoms with Gasteiger partial charge >= 0.3 is 5.97 Å². The van der Waals surface area contributed by atoms with E-state index in [1.54, 1.807) is 7.11 Å². The number of ether oxygens (including phenoxy) is 2. The monoisotopic (exact) mass is 293 g/mol. The first kappa shape index (κ1) is 15.6. The van der Waals surface area contributed by atoms with Gasteiger partial charge in [-0.1, -0.05) is 25.5 Å². The molecule has 21 heavy (non-hydrogen) atoms. The Morgan fingerprint density at radius 1 is 1.52 bits per heavy atom.